The van der Waals surface area contributed by atoms with E-state index in [-0.39, 0.29) is 12.2 Å². The van der Waals surface area contributed by atoms with Crippen LogP contribution in [0.3, 0.4) is 0 Å². The van der Waals surface area contributed by atoms with Crippen LogP contribution in [0, 0.1) is 0 Å². The van der Waals surface area contributed by atoms with Crippen molar-refractivity contribution in [3.63, 3.8) is 0 Å². The molecule has 0 unspecified atom stereocenters. The van der Waals surface area contributed by atoms with Crippen molar-refractivity contribution in [1.82, 2.24) is 4.90 Å². The Morgan fingerprint density at radius 3 is 2.68 bits per heavy atom. The van der Waals surface area contributed by atoms with Crippen molar-refractivity contribution in [3.05, 3.63) is 11.8 Å². The molecule has 19 heavy (non-hydrogen) atoms. The molecule has 0 radical (unpaired) electrons. The van der Waals surface area contributed by atoms with Gasteiger partial charge in [0.05, 0.1) is 18.7 Å². The van der Waals surface area contributed by atoms with Crippen LogP contribution in [-0.4, -0.2) is 55.5 Å². The van der Waals surface area contributed by atoms with Crippen LogP contribution in [0.2, 0.25) is 0 Å². The van der Waals surface area contributed by atoms with Crippen LogP contribution in [0.1, 0.15) is 19.8 Å². The first-order valence-electron chi connectivity index (χ1n) is 6.71. The van der Waals surface area contributed by atoms with Crippen LogP contribution in [0.25, 0.3) is 0 Å². The summed E-state index contributed by atoms with van der Waals surface area (Å²) < 4.78 is 5.93. The summed E-state index contributed by atoms with van der Waals surface area (Å²) in [7, 11) is 1.69. The van der Waals surface area contributed by atoms with Crippen LogP contribution >= 0.6 is 0 Å². The van der Waals surface area contributed by atoms with Crippen LogP contribution in [-0.2, 0) is 4.74 Å². The molecule has 2 atom stereocenters. The number of hydrogen-bond acceptors (Lipinski definition) is 4. The molecule has 1 saturated heterocycles. The van der Waals surface area contributed by atoms with Gasteiger partial charge in [0.15, 0.2) is 5.96 Å². The van der Waals surface area contributed by atoms with Crippen molar-refractivity contribution in [3.8, 4) is 0 Å². The predicted molar refractivity (Wildman–Crippen MR) is 77.2 cm³/mol. The van der Waals surface area contributed by atoms with Gasteiger partial charge >= 0.3 is 0 Å². The molecule has 106 valence electrons. The lowest BCUT2D eigenvalue weighted by Crippen LogP contribution is -2.52. The normalized spacial score (nSPS) is 30.1. The van der Waals surface area contributed by atoms with Gasteiger partial charge in [-0.15, -0.1) is 0 Å². The number of aliphatic imine (C=N–C) groups is 2. The number of ether oxygens (including phenoxy) is 1. The molecule has 2 rings (SSSR count). The summed E-state index contributed by atoms with van der Waals surface area (Å²) in [5.74, 6) is 0.538. The van der Waals surface area contributed by atoms with E-state index in [0.29, 0.717) is 18.5 Å². The van der Waals surface area contributed by atoms with E-state index < -0.39 is 0 Å². The molecule has 1 aliphatic carbocycles. The molecule has 2 fully saturated rings. The Kier molecular flexibility index (Phi) is 4.42. The number of rotatable bonds is 3. The third kappa shape index (κ3) is 3.70. The molecule has 6 nitrogen and oxygen atoms in total. The van der Waals surface area contributed by atoms with Crippen LogP contribution < -0.4 is 11.5 Å². The topological polar surface area (TPSA) is 89.2 Å². The van der Waals surface area contributed by atoms with Gasteiger partial charge in [0.25, 0.3) is 0 Å². The van der Waals surface area contributed by atoms with Crippen molar-refractivity contribution >= 4 is 12.2 Å². The Hall–Kier alpha value is -1.56. The zero-order valence-corrected chi connectivity index (χ0v) is 11.6. The third-order valence-electron chi connectivity index (χ3n) is 3.36. The molecule has 4 N–H and O–H groups in total. The molecule has 0 aromatic rings. The average molecular weight is 265 g/mol. The Bertz CT molecular complexity index is 400. The van der Waals surface area contributed by atoms with E-state index in [0.717, 1.165) is 12.1 Å². The Labute approximate surface area is 114 Å². The first-order chi connectivity index (χ1) is 9.13. The molecule has 0 spiro atoms. The highest BCUT2D eigenvalue weighted by molar-refractivity contribution is 5.81. The zero-order chi connectivity index (χ0) is 13.8. The largest absolute Gasteiger partial charge is 0.404 e. The fourth-order valence-electron chi connectivity index (χ4n) is 2.11. The quantitative estimate of drug-likeness (QED) is 0.559. The van der Waals surface area contributed by atoms with Crippen molar-refractivity contribution in [2.45, 2.75) is 38.0 Å². The van der Waals surface area contributed by atoms with E-state index in [1.807, 2.05) is 18.0 Å². The van der Waals surface area contributed by atoms with Gasteiger partial charge < -0.3 is 21.1 Å². The SMILES string of the molecule is CN=C(N)N1C[C@@H](C)O[C@@H](C(C=NC2CC2)=CN)C1. The van der Waals surface area contributed by atoms with Gasteiger partial charge in [0, 0.05) is 31.6 Å². The highest BCUT2D eigenvalue weighted by Gasteiger charge is 2.28. The number of nitrogens with zero attached hydrogens (tertiary/aromatic N) is 3. The summed E-state index contributed by atoms with van der Waals surface area (Å²) in [5, 5.41) is 0. The number of nitrogens with two attached hydrogens (primary N) is 2. The second-order valence-corrected chi connectivity index (χ2v) is 5.10. The number of guanidine groups is 1. The van der Waals surface area contributed by atoms with E-state index in [1.54, 1.807) is 13.2 Å². The molecule has 2 aliphatic rings. The Balaban J connectivity index is 2.04. The standard InChI is InChI=1S/C13H23N5O/c1-9-7-18(13(15)16-2)8-12(19-9)10(5-14)6-17-11-3-4-11/h5-6,9,11-12H,3-4,7-8,14H2,1-2H3,(H2,15,16)/t9-,12-/m1/s1. The molecule has 0 amide bonds. The molecule has 1 heterocycles. The first-order valence-corrected chi connectivity index (χ1v) is 6.71. The summed E-state index contributed by atoms with van der Waals surface area (Å²) in [4.78, 5) is 10.5. The molecular formula is C13H23N5O. The van der Waals surface area contributed by atoms with Gasteiger partial charge in [0.2, 0.25) is 0 Å². The first kappa shape index (κ1) is 13.9. The van der Waals surface area contributed by atoms with E-state index in [2.05, 4.69) is 9.98 Å². The molecule has 0 aromatic heterocycles. The maximum absolute atomic E-state index is 5.93. The number of hydrogen-bond donors (Lipinski definition) is 2. The molecule has 0 bridgehead atoms. The van der Waals surface area contributed by atoms with Gasteiger partial charge in [-0.05, 0) is 19.8 Å². The predicted octanol–water partition coefficient (Wildman–Crippen LogP) is 0.0960. The monoisotopic (exact) mass is 265 g/mol. The van der Waals surface area contributed by atoms with Crippen LogP contribution in [0.15, 0.2) is 21.8 Å². The highest BCUT2D eigenvalue weighted by atomic mass is 16.5. The third-order valence-corrected chi connectivity index (χ3v) is 3.36. The van der Waals surface area contributed by atoms with Gasteiger partial charge in [-0.25, -0.2) is 0 Å². The summed E-state index contributed by atoms with van der Waals surface area (Å²) >= 11 is 0. The zero-order valence-electron chi connectivity index (χ0n) is 11.6. The Morgan fingerprint density at radius 2 is 2.11 bits per heavy atom. The van der Waals surface area contributed by atoms with Crippen molar-refractivity contribution in [2.24, 2.45) is 21.5 Å². The maximum atomic E-state index is 5.93. The van der Waals surface area contributed by atoms with Crippen molar-refractivity contribution < 1.29 is 4.74 Å². The lowest BCUT2D eigenvalue weighted by Gasteiger charge is -2.37. The Morgan fingerprint density at radius 1 is 1.37 bits per heavy atom. The molecule has 0 aromatic carbocycles. The summed E-state index contributed by atoms with van der Waals surface area (Å²) in [6, 6.07) is 0.481. The van der Waals surface area contributed by atoms with Crippen LogP contribution in [0.5, 0.6) is 0 Å². The molecule has 1 aliphatic heterocycles. The van der Waals surface area contributed by atoms with Gasteiger partial charge in [-0.3, -0.25) is 9.98 Å². The minimum atomic E-state index is -0.100. The second-order valence-electron chi connectivity index (χ2n) is 5.10. The van der Waals surface area contributed by atoms with E-state index in [9.17, 15) is 0 Å². The number of morpholine rings is 1. The summed E-state index contributed by atoms with van der Waals surface area (Å²) in [6.45, 7) is 3.43. The van der Waals surface area contributed by atoms with Gasteiger partial charge in [-0.1, -0.05) is 0 Å². The van der Waals surface area contributed by atoms with Crippen molar-refractivity contribution in [1.29, 1.82) is 0 Å². The highest BCUT2D eigenvalue weighted by Crippen LogP contribution is 2.24. The molecule has 6 heteroatoms. The summed E-state index contributed by atoms with van der Waals surface area (Å²) in [5.41, 5.74) is 12.5. The smallest absolute Gasteiger partial charge is 0.191 e. The van der Waals surface area contributed by atoms with Gasteiger partial charge in [0.1, 0.15) is 6.10 Å². The van der Waals surface area contributed by atoms with E-state index in [4.69, 9.17) is 16.2 Å². The average Bonchev–Trinajstić information content (AvgIpc) is 3.22. The fraction of sp³-hybridized carbons (Fsp3) is 0.692. The second kappa shape index (κ2) is 6.06. The van der Waals surface area contributed by atoms with Gasteiger partial charge in [-0.2, -0.15) is 0 Å². The lowest BCUT2D eigenvalue weighted by molar-refractivity contribution is -0.0370. The molecule has 1 saturated carbocycles. The van der Waals surface area contributed by atoms with E-state index in [1.165, 1.54) is 12.8 Å². The minimum absolute atomic E-state index is 0.0864. The van der Waals surface area contributed by atoms with E-state index >= 15 is 0 Å². The van der Waals surface area contributed by atoms with Crippen LogP contribution in [0.4, 0.5) is 0 Å². The minimum Gasteiger partial charge on any atom is -0.404 e. The lowest BCUT2D eigenvalue weighted by atomic mass is 10.1. The fourth-order valence-corrected chi connectivity index (χ4v) is 2.11. The maximum Gasteiger partial charge on any atom is 0.191 e. The van der Waals surface area contributed by atoms with Crippen molar-refractivity contribution in [2.75, 3.05) is 20.1 Å². The summed E-state index contributed by atoms with van der Waals surface area (Å²) in [6.07, 6.45) is 5.76. The molecular weight excluding hydrogens is 242 g/mol.